The minimum Gasteiger partial charge on any atom is -0.496 e. The van der Waals surface area contributed by atoms with Crippen molar-refractivity contribution >= 4 is 11.6 Å². The number of ether oxygens (including phenoxy) is 2. The third-order valence-corrected chi connectivity index (χ3v) is 4.41. The molecule has 1 heterocycles. The lowest BCUT2D eigenvalue weighted by Crippen LogP contribution is -2.17. The molecule has 0 fully saturated rings. The number of hydrogen-bond acceptors (Lipinski definition) is 4. The fourth-order valence-electron chi connectivity index (χ4n) is 2.86. The monoisotopic (exact) mass is 382 g/mol. The first-order chi connectivity index (χ1) is 13.1. The molecule has 0 atom stereocenters. The molecule has 3 rings (SSSR count). The van der Waals surface area contributed by atoms with Crippen LogP contribution >= 0.6 is 11.6 Å². The first-order valence-corrected chi connectivity index (χ1v) is 9.14. The molecule has 0 saturated heterocycles. The molecule has 0 saturated carbocycles. The molecule has 0 amide bonds. The highest BCUT2D eigenvalue weighted by atomic mass is 35.5. The van der Waals surface area contributed by atoms with Crippen LogP contribution in [-0.2, 0) is 19.7 Å². The summed E-state index contributed by atoms with van der Waals surface area (Å²) < 4.78 is 11.2. The van der Waals surface area contributed by atoms with Gasteiger partial charge in [-0.05, 0) is 55.1 Å². The normalized spacial score (nSPS) is 10.8. The number of pyridine rings is 1. The van der Waals surface area contributed by atoms with Gasteiger partial charge >= 0.3 is 0 Å². The Balaban J connectivity index is 1.55. The molecule has 1 aromatic heterocycles. The summed E-state index contributed by atoms with van der Waals surface area (Å²) in [5, 5.41) is 0.716. The lowest BCUT2D eigenvalue weighted by atomic mass is 10.1. The van der Waals surface area contributed by atoms with E-state index in [0.717, 1.165) is 35.8 Å². The fraction of sp³-hybridized carbons (Fsp3) is 0.227. The van der Waals surface area contributed by atoms with Crippen molar-refractivity contribution in [2.24, 2.45) is 0 Å². The SMILES string of the molecule is COc1ccc(Cl)cc1CN(C)Cc1ccc(OCc2ccccn2)cc1. The van der Waals surface area contributed by atoms with Crippen LogP contribution < -0.4 is 9.47 Å². The van der Waals surface area contributed by atoms with Crippen molar-refractivity contribution in [3.8, 4) is 11.5 Å². The topological polar surface area (TPSA) is 34.6 Å². The van der Waals surface area contributed by atoms with E-state index >= 15 is 0 Å². The maximum absolute atomic E-state index is 6.12. The Labute approximate surface area is 165 Å². The quantitative estimate of drug-likeness (QED) is 0.551. The van der Waals surface area contributed by atoms with E-state index in [-0.39, 0.29) is 0 Å². The van der Waals surface area contributed by atoms with Gasteiger partial charge in [0.1, 0.15) is 18.1 Å². The minimum absolute atomic E-state index is 0.467. The van der Waals surface area contributed by atoms with Crippen LogP contribution in [0.2, 0.25) is 5.02 Å². The average Bonchev–Trinajstić information content (AvgIpc) is 2.68. The van der Waals surface area contributed by atoms with Gasteiger partial charge in [0.15, 0.2) is 0 Å². The molecule has 0 spiro atoms. The highest BCUT2D eigenvalue weighted by molar-refractivity contribution is 6.30. The van der Waals surface area contributed by atoms with Crippen LogP contribution in [0.25, 0.3) is 0 Å². The summed E-state index contributed by atoms with van der Waals surface area (Å²) >= 11 is 6.12. The molecule has 2 aromatic carbocycles. The number of hydrogen-bond donors (Lipinski definition) is 0. The predicted octanol–water partition coefficient (Wildman–Crippen LogP) is 4.95. The maximum Gasteiger partial charge on any atom is 0.130 e. The first-order valence-electron chi connectivity index (χ1n) is 8.76. The van der Waals surface area contributed by atoms with Gasteiger partial charge in [-0.15, -0.1) is 0 Å². The molecule has 4 nitrogen and oxygen atoms in total. The van der Waals surface area contributed by atoms with Crippen LogP contribution in [0.5, 0.6) is 11.5 Å². The highest BCUT2D eigenvalue weighted by Gasteiger charge is 2.08. The fourth-order valence-corrected chi connectivity index (χ4v) is 3.06. The largest absolute Gasteiger partial charge is 0.496 e. The Bertz CT molecular complexity index is 854. The van der Waals surface area contributed by atoms with Gasteiger partial charge in [-0.25, -0.2) is 0 Å². The van der Waals surface area contributed by atoms with Gasteiger partial charge in [0, 0.05) is 29.9 Å². The number of aromatic nitrogens is 1. The van der Waals surface area contributed by atoms with Gasteiger partial charge in [0.25, 0.3) is 0 Å². The molecular weight excluding hydrogens is 360 g/mol. The smallest absolute Gasteiger partial charge is 0.130 e. The maximum atomic E-state index is 6.12. The summed E-state index contributed by atoms with van der Waals surface area (Å²) in [6.07, 6.45) is 1.77. The number of nitrogens with zero attached hydrogens (tertiary/aromatic N) is 2. The summed E-state index contributed by atoms with van der Waals surface area (Å²) in [7, 11) is 3.75. The van der Waals surface area contributed by atoms with Gasteiger partial charge in [-0.1, -0.05) is 29.8 Å². The number of halogens is 1. The molecule has 0 aliphatic heterocycles. The number of rotatable bonds is 8. The Morgan fingerprint density at radius 1 is 1.00 bits per heavy atom. The number of benzene rings is 2. The molecule has 0 radical (unpaired) electrons. The first kappa shape index (κ1) is 19.2. The predicted molar refractivity (Wildman–Crippen MR) is 108 cm³/mol. The van der Waals surface area contributed by atoms with Crippen molar-refractivity contribution in [1.29, 1.82) is 0 Å². The molecule has 0 aliphatic rings. The number of methoxy groups -OCH3 is 1. The molecule has 27 heavy (non-hydrogen) atoms. The molecule has 0 bridgehead atoms. The van der Waals surface area contributed by atoms with Crippen molar-refractivity contribution in [1.82, 2.24) is 9.88 Å². The van der Waals surface area contributed by atoms with Crippen molar-refractivity contribution < 1.29 is 9.47 Å². The zero-order chi connectivity index (χ0) is 19.1. The van der Waals surface area contributed by atoms with Crippen LogP contribution in [0, 0.1) is 0 Å². The van der Waals surface area contributed by atoms with Crippen LogP contribution in [0.3, 0.4) is 0 Å². The molecule has 0 aliphatic carbocycles. The van der Waals surface area contributed by atoms with E-state index in [9.17, 15) is 0 Å². The van der Waals surface area contributed by atoms with E-state index in [1.165, 1.54) is 5.56 Å². The van der Waals surface area contributed by atoms with Gasteiger partial charge in [0.2, 0.25) is 0 Å². The van der Waals surface area contributed by atoms with Gasteiger partial charge in [0.05, 0.1) is 12.8 Å². The second kappa shape index (κ2) is 9.40. The Morgan fingerprint density at radius 2 is 1.81 bits per heavy atom. The molecule has 140 valence electrons. The van der Waals surface area contributed by atoms with Crippen molar-refractivity contribution in [3.63, 3.8) is 0 Å². The molecule has 3 aromatic rings. The zero-order valence-electron chi connectivity index (χ0n) is 15.6. The van der Waals surface area contributed by atoms with Crippen LogP contribution in [0.1, 0.15) is 16.8 Å². The van der Waals surface area contributed by atoms with Crippen molar-refractivity contribution in [2.45, 2.75) is 19.7 Å². The van der Waals surface area contributed by atoms with Gasteiger partial charge in [-0.3, -0.25) is 9.88 Å². The Hall–Kier alpha value is -2.56. The van der Waals surface area contributed by atoms with Crippen molar-refractivity contribution in [3.05, 3.63) is 88.7 Å². The van der Waals surface area contributed by atoms with Crippen LogP contribution in [0.4, 0.5) is 0 Å². The average molecular weight is 383 g/mol. The van der Waals surface area contributed by atoms with E-state index in [1.54, 1.807) is 13.3 Å². The summed E-state index contributed by atoms with van der Waals surface area (Å²) in [5.74, 6) is 1.69. The van der Waals surface area contributed by atoms with Crippen LogP contribution in [0.15, 0.2) is 66.9 Å². The molecular formula is C22H23ClN2O2. The van der Waals surface area contributed by atoms with E-state index in [2.05, 4.69) is 29.1 Å². The summed E-state index contributed by atoms with van der Waals surface area (Å²) in [4.78, 5) is 6.48. The summed E-state index contributed by atoms with van der Waals surface area (Å²) in [6.45, 7) is 2.03. The molecule has 5 heteroatoms. The minimum atomic E-state index is 0.467. The third-order valence-electron chi connectivity index (χ3n) is 4.17. The summed E-state index contributed by atoms with van der Waals surface area (Å²) in [5.41, 5.74) is 3.20. The van der Waals surface area contributed by atoms with E-state index in [4.69, 9.17) is 21.1 Å². The van der Waals surface area contributed by atoms with Crippen LogP contribution in [-0.4, -0.2) is 24.0 Å². The van der Waals surface area contributed by atoms with E-state index in [0.29, 0.717) is 11.6 Å². The second-order valence-electron chi connectivity index (χ2n) is 6.38. The Kier molecular flexibility index (Phi) is 6.69. The van der Waals surface area contributed by atoms with Gasteiger partial charge in [-0.2, -0.15) is 0 Å². The lowest BCUT2D eigenvalue weighted by Gasteiger charge is -2.19. The second-order valence-corrected chi connectivity index (χ2v) is 6.82. The van der Waals surface area contributed by atoms with E-state index < -0.39 is 0 Å². The van der Waals surface area contributed by atoms with Crippen molar-refractivity contribution in [2.75, 3.05) is 14.2 Å². The highest BCUT2D eigenvalue weighted by Crippen LogP contribution is 2.24. The lowest BCUT2D eigenvalue weighted by molar-refractivity contribution is 0.299. The zero-order valence-corrected chi connectivity index (χ0v) is 16.3. The standard InChI is InChI=1S/C22H23ClN2O2/c1-25(15-18-13-19(23)8-11-22(18)26-2)14-17-6-9-21(10-7-17)27-16-20-5-3-4-12-24-20/h3-13H,14-16H2,1-2H3. The third kappa shape index (κ3) is 5.71. The molecule has 0 unspecified atom stereocenters. The molecule has 0 N–H and O–H groups in total. The van der Waals surface area contributed by atoms with Gasteiger partial charge < -0.3 is 9.47 Å². The van der Waals surface area contributed by atoms with E-state index in [1.807, 2.05) is 48.5 Å². The Morgan fingerprint density at radius 3 is 2.52 bits per heavy atom. The summed E-state index contributed by atoms with van der Waals surface area (Å²) in [6, 6.07) is 19.6.